The average Bonchev–Trinajstić information content (AvgIpc) is 3.54. The third-order valence-corrected chi connectivity index (χ3v) is 7.41. The molecule has 1 saturated heterocycles. The van der Waals surface area contributed by atoms with E-state index in [0.717, 1.165) is 23.4 Å². The van der Waals surface area contributed by atoms with Crippen LogP contribution in [-0.2, 0) is 14.4 Å². The number of nitrogens with zero attached hydrogens (tertiary/aromatic N) is 2. The van der Waals surface area contributed by atoms with Crippen molar-refractivity contribution in [1.29, 1.82) is 0 Å². The molecule has 6 atom stereocenters. The van der Waals surface area contributed by atoms with E-state index >= 15 is 0 Å². The maximum absolute atomic E-state index is 13.4. The van der Waals surface area contributed by atoms with Gasteiger partial charge in [-0.2, -0.15) is 0 Å². The number of hydrogen-bond acceptors (Lipinski definition) is 6. The topological polar surface area (TPSA) is 77.4 Å². The summed E-state index contributed by atoms with van der Waals surface area (Å²) in [6, 6.07) is 14.8. The first-order valence-corrected chi connectivity index (χ1v) is 10.5. The van der Waals surface area contributed by atoms with Gasteiger partial charge in [-0.15, -0.1) is 0 Å². The summed E-state index contributed by atoms with van der Waals surface area (Å²) in [6.07, 6.45) is 0.684. The molecule has 2 heterocycles. The Bertz CT molecular complexity index is 1090. The SMILES string of the molecule is COc1ccc(C2=NO[C@H]3[C@@H]4C[C@H]([C@H]5C(=O)N(c6ccc(OC)cc6)C(=O)[C@H]45)[C@H]23)cc1. The number of anilines is 1. The number of oxime groups is 1. The van der Waals surface area contributed by atoms with Crippen molar-refractivity contribution in [3.05, 3.63) is 54.1 Å². The summed E-state index contributed by atoms with van der Waals surface area (Å²) in [6.45, 7) is 0. The molecule has 2 saturated carbocycles. The van der Waals surface area contributed by atoms with Gasteiger partial charge in [0.25, 0.3) is 0 Å². The first kappa shape index (κ1) is 18.4. The maximum atomic E-state index is 13.4. The fraction of sp³-hybridized carbons (Fsp3) is 0.375. The van der Waals surface area contributed by atoms with Crippen LogP contribution in [0.25, 0.3) is 0 Å². The van der Waals surface area contributed by atoms with Crippen molar-refractivity contribution >= 4 is 23.2 Å². The van der Waals surface area contributed by atoms with Crippen molar-refractivity contribution in [1.82, 2.24) is 0 Å². The van der Waals surface area contributed by atoms with Crippen molar-refractivity contribution in [2.45, 2.75) is 12.5 Å². The number of methoxy groups -OCH3 is 2. The van der Waals surface area contributed by atoms with Crippen LogP contribution in [-0.4, -0.2) is 37.8 Å². The van der Waals surface area contributed by atoms with Gasteiger partial charge in [-0.1, -0.05) is 5.16 Å². The predicted octanol–water partition coefficient (Wildman–Crippen LogP) is 2.88. The van der Waals surface area contributed by atoms with Crippen molar-refractivity contribution < 1.29 is 23.9 Å². The third-order valence-electron chi connectivity index (χ3n) is 7.41. The zero-order valence-corrected chi connectivity index (χ0v) is 17.2. The molecule has 4 aliphatic rings. The molecule has 0 aromatic heterocycles. The highest BCUT2D eigenvalue weighted by Gasteiger charge is 2.70. The lowest BCUT2D eigenvalue weighted by Crippen LogP contribution is -2.41. The van der Waals surface area contributed by atoms with E-state index in [1.165, 1.54) is 4.90 Å². The number of carbonyl (C=O) groups excluding carboxylic acids is 2. The number of carbonyl (C=O) groups is 2. The molecule has 7 nitrogen and oxygen atoms in total. The molecule has 0 radical (unpaired) electrons. The highest BCUT2D eigenvalue weighted by atomic mass is 16.6. The van der Waals surface area contributed by atoms with E-state index in [0.29, 0.717) is 11.4 Å². The predicted molar refractivity (Wildman–Crippen MR) is 112 cm³/mol. The van der Waals surface area contributed by atoms with Crippen LogP contribution in [0.3, 0.4) is 0 Å². The molecule has 31 heavy (non-hydrogen) atoms. The van der Waals surface area contributed by atoms with E-state index in [4.69, 9.17) is 14.3 Å². The number of amides is 2. The number of hydrogen-bond donors (Lipinski definition) is 0. The Morgan fingerprint density at radius 3 is 2.03 bits per heavy atom. The Hall–Kier alpha value is -3.35. The minimum atomic E-state index is -0.328. The van der Waals surface area contributed by atoms with Gasteiger partial charge in [0.15, 0.2) is 0 Å². The summed E-state index contributed by atoms with van der Waals surface area (Å²) >= 11 is 0. The van der Waals surface area contributed by atoms with Crippen molar-refractivity contribution in [2.75, 3.05) is 19.1 Å². The Kier molecular flexibility index (Phi) is 3.91. The smallest absolute Gasteiger partial charge is 0.238 e. The third kappa shape index (κ3) is 2.43. The molecule has 6 rings (SSSR count). The largest absolute Gasteiger partial charge is 0.497 e. The molecular formula is C24H22N2O5. The summed E-state index contributed by atoms with van der Waals surface area (Å²) in [5.74, 6) is 0.706. The lowest BCUT2D eigenvalue weighted by Gasteiger charge is -2.29. The molecule has 158 valence electrons. The maximum Gasteiger partial charge on any atom is 0.238 e. The molecule has 0 spiro atoms. The fourth-order valence-electron chi connectivity index (χ4n) is 6.11. The van der Waals surface area contributed by atoms with Crippen molar-refractivity contribution in [3.63, 3.8) is 0 Å². The van der Waals surface area contributed by atoms with Gasteiger partial charge in [0.1, 0.15) is 17.6 Å². The molecule has 2 bridgehead atoms. The number of benzene rings is 2. The van der Waals surface area contributed by atoms with Gasteiger partial charge in [-0.3, -0.25) is 14.5 Å². The van der Waals surface area contributed by atoms with E-state index in [-0.39, 0.29) is 47.5 Å². The van der Waals surface area contributed by atoms with E-state index in [2.05, 4.69) is 5.16 Å². The van der Waals surface area contributed by atoms with E-state index < -0.39 is 0 Å². The summed E-state index contributed by atoms with van der Waals surface area (Å²) in [5, 5.41) is 4.39. The van der Waals surface area contributed by atoms with Crippen molar-refractivity contribution in [2.24, 2.45) is 34.7 Å². The van der Waals surface area contributed by atoms with E-state index in [1.54, 1.807) is 38.5 Å². The number of rotatable bonds is 4. The summed E-state index contributed by atoms with van der Waals surface area (Å²) in [4.78, 5) is 34.0. The Morgan fingerprint density at radius 1 is 0.839 bits per heavy atom. The van der Waals surface area contributed by atoms with Crippen LogP contribution in [0.4, 0.5) is 5.69 Å². The highest BCUT2D eigenvalue weighted by Crippen LogP contribution is 2.62. The lowest BCUT2D eigenvalue weighted by atomic mass is 9.71. The zero-order chi connectivity index (χ0) is 21.3. The molecule has 2 aromatic carbocycles. The van der Waals surface area contributed by atoms with E-state index in [1.807, 2.05) is 24.3 Å². The van der Waals surface area contributed by atoms with Crippen LogP contribution in [0.15, 0.2) is 53.7 Å². The van der Waals surface area contributed by atoms with E-state index in [9.17, 15) is 9.59 Å². The first-order chi connectivity index (χ1) is 15.1. The second-order valence-corrected chi connectivity index (χ2v) is 8.63. The van der Waals surface area contributed by atoms with Crippen LogP contribution in [0.1, 0.15) is 12.0 Å². The molecule has 0 unspecified atom stereocenters. The normalized spacial score (nSPS) is 32.6. The van der Waals surface area contributed by atoms with Gasteiger partial charge in [0.2, 0.25) is 11.8 Å². The minimum absolute atomic E-state index is 0.0131. The number of imide groups is 1. The second kappa shape index (κ2) is 6.57. The molecule has 0 N–H and O–H groups in total. The van der Waals surface area contributed by atoms with Crippen LogP contribution in [0.2, 0.25) is 0 Å². The minimum Gasteiger partial charge on any atom is -0.497 e. The zero-order valence-electron chi connectivity index (χ0n) is 17.2. The summed E-state index contributed by atoms with van der Waals surface area (Å²) < 4.78 is 10.4. The second-order valence-electron chi connectivity index (χ2n) is 8.63. The average molecular weight is 418 g/mol. The van der Waals surface area contributed by atoms with Crippen LogP contribution in [0, 0.1) is 29.6 Å². The molecule has 2 aromatic rings. The van der Waals surface area contributed by atoms with Crippen LogP contribution < -0.4 is 14.4 Å². The fourth-order valence-corrected chi connectivity index (χ4v) is 6.11. The molecule has 2 amide bonds. The first-order valence-electron chi connectivity index (χ1n) is 10.5. The standard InChI is InChI=1S/C24H22N2O5/c1-29-14-7-3-12(4-8-14)21-20-16-11-17(22(20)31-25-21)19-18(16)23(27)26(24(19)28)13-5-9-15(30-2)10-6-13/h3-10,16-20,22H,11H2,1-2H3/t16-,17-,18-,19-,20-,22+/m1/s1. The van der Waals surface area contributed by atoms with Crippen molar-refractivity contribution in [3.8, 4) is 11.5 Å². The van der Waals surface area contributed by atoms with Gasteiger partial charge < -0.3 is 14.3 Å². The summed E-state index contributed by atoms with van der Waals surface area (Å²) in [7, 11) is 3.22. The van der Waals surface area contributed by atoms with Gasteiger partial charge in [0.05, 0.1) is 37.5 Å². The quantitative estimate of drug-likeness (QED) is 0.714. The molecule has 2 aliphatic carbocycles. The number of fused-ring (bicyclic) bond motifs is 8. The number of ether oxygens (including phenoxy) is 2. The molecule has 7 heteroatoms. The lowest BCUT2D eigenvalue weighted by molar-refractivity contribution is -0.125. The molecular weight excluding hydrogens is 396 g/mol. The molecule has 3 fully saturated rings. The molecule has 2 aliphatic heterocycles. The van der Waals surface area contributed by atoms with Gasteiger partial charge in [-0.05, 0) is 60.9 Å². The summed E-state index contributed by atoms with van der Waals surface area (Å²) in [5.41, 5.74) is 2.45. The van der Waals surface area contributed by atoms with Gasteiger partial charge in [0, 0.05) is 17.4 Å². The Balaban J connectivity index is 1.31. The Morgan fingerprint density at radius 2 is 1.42 bits per heavy atom. The Labute approximate surface area is 179 Å². The van der Waals surface area contributed by atoms with Gasteiger partial charge >= 0.3 is 0 Å². The van der Waals surface area contributed by atoms with Crippen LogP contribution in [0.5, 0.6) is 11.5 Å². The monoisotopic (exact) mass is 418 g/mol. The highest BCUT2D eigenvalue weighted by molar-refractivity contribution is 6.23. The van der Waals surface area contributed by atoms with Crippen LogP contribution >= 0.6 is 0 Å². The van der Waals surface area contributed by atoms with Gasteiger partial charge in [-0.25, -0.2) is 0 Å².